The molecule has 6 heteroatoms. The fourth-order valence-electron chi connectivity index (χ4n) is 3.55. The summed E-state index contributed by atoms with van der Waals surface area (Å²) in [7, 11) is 0. The first kappa shape index (κ1) is 22.4. The molecule has 3 unspecified atom stereocenters. The number of halogens is 1. The highest BCUT2D eigenvalue weighted by Gasteiger charge is 2.35. The number of guanidine groups is 1. The number of hydrogen-bond donors (Lipinski definition) is 2. The van der Waals surface area contributed by atoms with Gasteiger partial charge in [0.05, 0.1) is 6.10 Å². The average molecular weight is 469 g/mol. The van der Waals surface area contributed by atoms with Crippen LogP contribution in [0.2, 0.25) is 0 Å². The van der Waals surface area contributed by atoms with Gasteiger partial charge in [-0.1, -0.05) is 20.8 Å². The second-order valence-corrected chi connectivity index (χ2v) is 9.20. The van der Waals surface area contributed by atoms with E-state index in [1.54, 1.807) is 0 Å². The number of thioether (sulfide) groups is 1. The Morgan fingerprint density at radius 1 is 1.21 bits per heavy atom. The molecular weight excluding hydrogens is 433 g/mol. The van der Waals surface area contributed by atoms with Gasteiger partial charge in [-0.2, -0.15) is 11.8 Å². The summed E-state index contributed by atoms with van der Waals surface area (Å²) in [4.78, 5) is 4.87. The van der Waals surface area contributed by atoms with Gasteiger partial charge < -0.3 is 15.4 Å². The molecule has 2 rings (SSSR count). The molecule has 0 aromatic carbocycles. The maximum Gasteiger partial charge on any atom is 0.191 e. The summed E-state index contributed by atoms with van der Waals surface area (Å²) in [5.41, 5.74) is 0.187. The third-order valence-corrected chi connectivity index (χ3v) is 6.05. The Kier molecular flexibility index (Phi) is 10.4. The van der Waals surface area contributed by atoms with Crippen molar-refractivity contribution in [1.82, 2.24) is 10.6 Å². The van der Waals surface area contributed by atoms with Crippen molar-refractivity contribution in [1.29, 1.82) is 0 Å². The summed E-state index contributed by atoms with van der Waals surface area (Å²) in [5, 5.41) is 7.67. The number of aliphatic imine (C=N–C) groups is 1. The Hall–Kier alpha value is 0.310. The minimum absolute atomic E-state index is 0. The molecule has 24 heavy (non-hydrogen) atoms. The van der Waals surface area contributed by atoms with Crippen LogP contribution in [0.5, 0.6) is 0 Å². The highest BCUT2D eigenvalue weighted by Crippen LogP contribution is 2.34. The molecule has 2 N–H and O–H groups in total. The second kappa shape index (κ2) is 11.1. The quantitative estimate of drug-likeness (QED) is 0.364. The number of nitrogens with one attached hydrogen (secondary N) is 2. The normalized spacial score (nSPS) is 28.3. The van der Waals surface area contributed by atoms with Gasteiger partial charge in [-0.15, -0.1) is 24.0 Å². The highest BCUT2D eigenvalue weighted by atomic mass is 127. The Morgan fingerprint density at radius 3 is 2.62 bits per heavy atom. The second-order valence-electron chi connectivity index (χ2n) is 7.80. The first-order valence-electron chi connectivity index (χ1n) is 9.26. The minimum Gasteiger partial charge on any atom is -0.377 e. The van der Waals surface area contributed by atoms with Crippen molar-refractivity contribution in [2.24, 2.45) is 16.3 Å². The summed E-state index contributed by atoms with van der Waals surface area (Å²) >= 11 is 2.09. The zero-order chi connectivity index (χ0) is 16.7. The van der Waals surface area contributed by atoms with E-state index in [9.17, 15) is 0 Å². The van der Waals surface area contributed by atoms with Crippen molar-refractivity contribution in [3.8, 4) is 0 Å². The van der Waals surface area contributed by atoms with Gasteiger partial charge in [0.1, 0.15) is 0 Å². The molecule has 4 nitrogen and oxygen atoms in total. The van der Waals surface area contributed by atoms with E-state index in [1.807, 2.05) is 0 Å². The molecule has 0 amide bonds. The summed E-state index contributed by atoms with van der Waals surface area (Å²) < 4.78 is 6.08. The van der Waals surface area contributed by atoms with Gasteiger partial charge in [0.15, 0.2) is 5.96 Å². The molecule has 0 aromatic rings. The molecule has 0 aromatic heterocycles. The van der Waals surface area contributed by atoms with Gasteiger partial charge in [-0.3, -0.25) is 4.99 Å². The molecule has 2 saturated heterocycles. The third-order valence-electron chi connectivity index (χ3n) is 4.65. The molecule has 2 aliphatic heterocycles. The summed E-state index contributed by atoms with van der Waals surface area (Å²) in [6.07, 6.45) is 5.39. The number of rotatable bonds is 5. The molecule has 0 bridgehead atoms. The molecule has 142 valence electrons. The van der Waals surface area contributed by atoms with Crippen molar-refractivity contribution < 1.29 is 4.74 Å². The lowest BCUT2D eigenvalue weighted by Gasteiger charge is -2.39. The van der Waals surface area contributed by atoms with Gasteiger partial charge in [-0.25, -0.2) is 0 Å². The summed E-state index contributed by atoms with van der Waals surface area (Å²) in [6.45, 7) is 12.7. The molecule has 3 atom stereocenters. The summed E-state index contributed by atoms with van der Waals surface area (Å²) in [5.74, 6) is 2.81. The lowest BCUT2D eigenvalue weighted by Crippen LogP contribution is -2.43. The van der Waals surface area contributed by atoms with Crippen LogP contribution in [0.15, 0.2) is 4.99 Å². The smallest absolute Gasteiger partial charge is 0.191 e. The lowest BCUT2D eigenvalue weighted by atomic mass is 9.78. The lowest BCUT2D eigenvalue weighted by molar-refractivity contribution is -0.0823. The van der Waals surface area contributed by atoms with Gasteiger partial charge >= 0.3 is 0 Å². The van der Waals surface area contributed by atoms with Crippen LogP contribution in [0.4, 0.5) is 0 Å². The summed E-state index contributed by atoms with van der Waals surface area (Å²) in [6, 6.07) is 0. The van der Waals surface area contributed by atoms with Crippen molar-refractivity contribution in [2.45, 2.75) is 64.7 Å². The van der Waals surface area contributed by atoms with Crippen LogP contribution in [0.25, 0.3) is 0 Å². The fourth-order valence-corrected chi connectivity index (χ4v) is 4.75. The average Bonchev–Trinajstić information content (AvgIpc) is 3.03. The van der Waals surface area contributed by atoms with Crippen molar-refractivity contribution in [3.63, 3.8) is 0 Å². The third kappa shape index (κ3) is 7.28. The van der Waals surface area contributed by atoms with Gasteiger partial charge in [0.25, 0.3) is 0 Å². The van der Waals surface area contributed by atoms with E-state index in [-0.39, 0.29) is 29.4 Å². The zero-order valence-corrected chi connectivity index (χ0v) is 18.9. The van der Waals surface area contributed by atoms with Crippen LogP contribution >= 0.6 is 35.7 Å². The highest BCUT2D eigenvalue weighted by molar-refractivity contribution is 14.0. The molecule has 0 radical (unpaired) electrons. The van der Waals surface area contributed by atoms with Crippen molar-refractivity contribution >= 4 is 41.7 Å². The molecule has 0 saturated carbocycles. The van der Waals surface area contributed by atoms with E-state index in [0.717, 1.165) is 43.9 Å². The number of ether oxygens (including phenoxy) is 1. The van der Waals surface area contributed by atoms with E-state index < -0.39 is 0 Å². The zero-order valence-electron chi connectivity index (χ0n) is 15.8. The fraction of sp³-hybridized carbons (Fsp3) is 0.944. The van der Waals surface area contributed by atoms with E-state index in [4.69, 9.17) is 9.73 Å². The van der Waals surface area contributed by atoms with Gasteiger partial charge in [0.2, 0.25) is 0 Å². The Labute approximate surface area is 169 Å². The van der Waals surface area contributed by atoms with E-state index >= 15 is 0 Å². The topological polar surface area (TPSA) is 45.7 Å². The Balaban J connectivity index is 0.00000288. The van der Waals surface area contributed by atoms with Crippen LogP contribution in [0.3, 0.4) is 0 Å². The Morgan fingerprint density at radius 2 is 2.00 bits per heavy atom. The first-order chi connectivity index (χ1) is 11.0. The largest absolute Gasteiger partial charge is 0.377 e. The Bertz CT molecular complexity index is 381. The van der Waals surface area contributed by atoms with E-state index in [1.165, 1.54) is 25.0 Å². The maximum absolute atomic E-state index is 6.08. The van der Waals surface area contributed by atoms with Crippen LogP contribution < -0.4 is 10.6 Å². The standard InChI is InChI=1S/C18H35N3OS.HI/c1-5-19-17(21-13-15-9-7-11-23-15)20-12-14-8-6-10-22-16(14)18(2,3)4;/h14-16H,5-13H2,1-4H3,(H2,19,20,21);1H. The predicted molar refractivity (Wildman–Crippen MR) is 117 cm³/mol. The SMILES string of the molecule is CCNC(=NCC1CCCOC1C(C)(C)C)NCC1CCCS1.I. The van der Waals surface area contributed by atoms with E-state index in [2.05, 4.69) is 50.1 Å². The van der Waals surface area contributed by atoms with Crippen LogP contribution in [-0.4, -0.2) is 49.3 Å². The molecule has 0 aliphatic carbocycles. The number of nitrogens with zero attached hydrogens (tertiary/aromatic N) is 1. The molecule has 2 heterocycles. The van der Waals surface area contributed by atoms with Crippen molar-refractivity contribution in [2.75, 3.05) is 32.0 Å². The van der Waals surface area contributed by atoms with Crippen LogP contribution in [0, 0.1) is 11.3 Å². The maximum atomic E-state index is 6.08. The predicted octanol–water partition coefficient (Wildman–Crippen LogP) is 3.90. The monoisotopic (exact) mass is 469 g/mol. The van der Waals surface area contributed by atoms with Gasteiger partial charge in [-0.05, 0) is 43.8 Å². The number of hydrogen-bond acceptors (Lipinski definition) is 3. The van der Waals surface area contributed by atoms with Gasteiger partial charge in [0, 0.05) is 37.4 Å². The molecule has 2 aliphatic rings. The molecule has 0 spiro atoms. The van der Waals surface area contributed by atoms with Crippen LogP contribution in [-0.2, 0) is 4.74 Å². The van der Waals surface area contributed by atoms with Crippen molar-refractivity contribution in [3.05, 3.63) is 0 Å². The first-order valence-corrected chi connectivity index (χ1v) is 10.3. The molecule has 2 fully saturated rings. The van der Waals surface area contributed by atoms with Crippen LogP contribution in [0.1, 0.15) is 53.4 Å². The van der Waals surface area contributed by atoms with E-state index in [0.29, 0.717) is 12.0 Å². The minimum atomic E-state index is 0. The molecular formula is C18H36IN3OS.